The SMILES string of the molecule is NC(=O)C1(Oc2ccccc2)CC=CC=N1. The van der Waals surface area contributed by atoms with Gasteiger partial charge in [-0.3, -0.25) is 4.79 Å². The largest absolute Gasteiger partial charge is 0.456 e. The van der Waals surface area contributed by atoms with Crippen LogP contribution in [0.15, 0.2) is 47.5 Å². The Morgan fingerprint density at radius 1 is 1.38 bits per heavy atom. The predicted octanol–water partition coefficient (Wildman–Crippen LogP) is 1.28. The highest BCUT2D eigenvalue weighted by Crippen LogP contribution is 2.24. The van der Waals surface area contributed by atoms with Crippen LogP contribution in [0, 0.1) is 0 Å². The molecule has 1 amide bonds. The van der Waals surface area contributed by atoms with E-state index >= 15 is 0 Å². The maximum atomic E-state index is 11.4. The molecular weight excluding hydrogens is 204 g/mol. The first kappa shape index (κ1) is 10.4. The average Bonchev–Trinajstić information content (AvgIpc) is 2.31. The lowest BCUT2D eigenvalue weighted by Gasteiger charge is -2.27. The second-order valence-electron chi connectivity index (χ2n) is 3.47. The van der Waals surface area contributed by atoms with Crippen LogP contribution in [0.5, 0.6) is 5.75 Å². The molecule has 0 spiro atoms. The molecule has 1 atom stereocenters. The van der Waals surface area contributed by atoms with Crippen molar-refractivity contribution >= 4 is 12.1 Å². The van der Waals surface area contributed by atoms with Gasteiger partial charge in [0, 0.05) is 12.6 Å². The molecule has 0 saturated heterocycles. The fourth-order valence-electron chi connectivity index (χ4n) is 1.47. The lowest BCUT2D eigenvalue weighted by atomic mass is 10.1. The number of nitrogens with two attached hydrogens (primary N) is 1. The molecule has 0 aromatic heterocycles. The molecule has 0 bridgehead atoms. The molecule has 4 nitrogen and oxygen atoms in total. The number of carbonyl (C=O) groups excluding carboxylic acids is 1. The van der Waals surface area contributed by atoms with Gasteiger partial charge in [0.15, 0.2) is 0 Å². The third kappa shape index (κ3) is 1.95. The molecule has 0 aliphatic carbocycles. The summed E-state index contributed by atoms with van der Waals surface area (Å²) in [5, 5.41) is 0. The summed E-state index contributed by atoms with van der Waals surface area (Å²) in [5.74, 6) is -0.00861. The first-order valence-electron chi connectivity index (χ1n) is 4.97. The number of amides is 1. The summed E-state index contributed by atoms with van der Waals surface area (Å²) in [6.45, 7) is 0. The summed E-state index contributed by atoms with van der Waals surface area (Å²) in [4.78, 5) is 15.5. The molecule has 0 saturated carbocycles. The summed E-state index contributed by atoms with van der Waals surface area (Å²) in [5.41, 5.74) is 4.04. The highest BCUT2D eigenvalue weighted by atomic mass is 16.5. The normalized spacial score (nSPS) is 23.0. The zero-order valence-corrected chi connectivity index (χ0v) is 8.67. The zero-order valence-electron chi connectivity index (χ0n) is 8.67. The van der Waals surface area contributed by atoms with E-state index in [-0.39, 0.29) is 0 Å². The van der Waals surface area contributed by atoms with Crippen molar-refractivity contribution in [2.75, 3.05) is 0 Å². The third-order valence-corrected chi connectivity index (χ3v) is 2.31. The van der Waals surface area contributed by atoms with E-state index in [1.165, 1.54) is 6.21 Å². The highest BCUT2D eigenvalue weighted by Gasteiger charge is 2.38. The number of hydrogen-bond acceptors (Lipinski definition) is 3. The highest BCUT2D eigenvalue weighted by molar-refractivity contribution is 5.88. The van der Waals surface area contributed by atoms with Crippen molar-refractivity contribution < 1.29 is 9.53 Å². The van der Waals surface area contributed by atoms with Gasteiger partial charge in [-0.25, -0.2) is 4.99 Å². The number of rotatable bonds is 3. The van der Waals surface area contributed by atoms with E-state index in [0.29, 0.717) is 12.2 Å². The molecule has 1 aliphatic rings. The van der Waals surface area contributed by atoms with Crippen molar-refractivity contribution in [2.45, 2.75) is 12.1 Å². The van der Waals surface area contributed by atoms with Crippen LogP contribution in [0.4, 0.5) is 0 Å². The molecule has 1 aliphatic heterocycles. The molecule has 2 N–H and O–H groups in total. The smallest absolute Gasteiger partial charge is 0.285 e. The first-order chi connectivity index (χ1) is 7.73. The summed E-state index contributed by atoms with van der Waals surface area (Å²) in [6.07, 6.45) is 5.45. The summed E-state index contributed by atoms with van der Waals surface area (Å²) in [6, 6.07) is 9.05. The lowest BCUT2D eigenvalue weighted by Crippen LogP contribution is -2.47. The Hall–Kier alpha value is -2.10. The number of para-hydroxylation sites is 1. The lowest BCUT2D eigenvalue weighted by molar-refractivity contribution is -0.132. The summed E-state index contributed by atoms with van der Waals surface area (Å²) >= 11 is 0. The van der Waals surface area contributed by atoms with E-state index in [9.17, 15) is 4.79 Å². The van der Waals surface area contributed by atoms with E-state index in [0.717, 1.165) is 0 Å². The minimum atomic E-state index is -1.30. The van der Waals surface area contributed by atoms with Gasteiger partial charge < -0.3 is 10.5 Å². The van der Waals surface area contributed by atoms with Crippen molar-refractivity contribution in [3.63, 3.8) is 0 Å². The minimum absolute atomic E-state index is 0.355. The zero-order chi connectivity index (χ0) is 11.4. The summed E-state index contributed by atoms with van der Waals surface area (Å²) in [7, 11) is 0. The van der Waals surface area contributed by atoms with E-state index in [1.54, 1.807) is 24.3 Å². The van der Waals surface area contributed by atoms with E-state index < -0.39 is 11.6 Å². The van der Waals surface area contributed by atoms with Crippen LogP contribution in [0.25, 0.3) is 0 Å². The predicted molar refractivity (Wildman–Crippen MR) is 61.2 cm³/mol. The van der Waals surface area contributed by atoms with Gasteiger partial charge in [0.25, 0.3) is 11.6 Å². The molecule has 2 rings (SSSR count). The van der Waals surface area contributed by atoms with Gasteiger partial charge in [0.1, 0.15) is 5.75 Å². The van der Waals surface area contributed by atoms with Gasteiger partial charge in [-0.15, -0.1) is 0 Å². The number of benzene rings is 1. The van der Waals surface area contributed by atoms with Crippen LogP contribution in [-0.4, -0.2) is 17.8 Å². The molecule has 1 aromatic carbocycles. The standard InChI is InChI=1S/C12H12N2O2/c13-11(15)12(8-4-5-9-14-12)16-10-6-2-1-3-7-10/h1-7,9H,8H2,(H2,13,15). The number of hydrogen-bond donors (Lipinski definition) is 1. The fraction of sp³-hybridized carbons (Fsp3) is 0.167. The Morgan fingerprint density at radius 3 is 2.69 bits per heavy atom. The number of allylic oxidation sites excluding steroid dienone is 1. The Kier molecular flexibility index (Phi) is 2.72. The number of ether oxygens (including phenoxy) is 1. The number of nitrogens with zero attached hydrogens (tertiary/aromatic N) is 1. The van der Waals surface area contributed by atoms with E-state index in [1.807, 2.05) is 18.2 Å². The Labute approximate surface area is 93.4 Å². The second kappa shape index (κ2) is 4.18. The molecule has 1 aromatic rings. The maximum Gasteiger partial charge on any atom is 0.285 e. The fourth-order valence-corrected chi connectivity index (χ4v) is 1.47. The van der Waals surface area contributed by atoms with Gasteiger partial charge in [-0.05, 0) is 18.2 Å². The number of carbonyl (C=O) groups is 1. The first-order valence-corrected chi connectivity index (χ1v) is 4.97. The van der Waals surface area contributed by atoms with Crippen molar-refractivity contribution in [3.05, 3.63) is 42.5 Å². The summed E-state index contributed by atoms with van der Waals surface area (Å²) < 4.78 is 5.58. The van der Waals surface area contributed by atoms with Crippen molar-refractivity contribution in [1.29, 1.82) is 0 Å². The number of primary amides is 1. The number of aliphatic imine (C=N–C) groups is 1. The van der Waals surface area contributed by atoms with Crippen LogP contribution in [0.3, 0.4) is 0 Å². The molecule has 16 heavy (non-hydrogen) atoms. The minimum Gasteiger partial charge on any atom is -0.456 e. The topological polar surface area (TPSA) is 64.7 Å². The van der Waals surface area contributed by atoms with E-state index in [2.05, 4.69) is 4.99 Å². The van der Waals surface area contributed by atoms with E-state index in [4.69, 9.17) is 10.5 Å². The second-order valence-corrected chi connectivity index (χ2v) is 3.47. The van der Waals surface area contributed by atoms with Gasteiger partial charge in [0.2, 0.25) is 0 Å². The average molecular weight is 216 g/mol. The maximum absolute atomic E-state index is 11.4. The number of dihydropyridines is 1. The molecule has 1 unspecified atom stereocenters. The van der Waals surface area contributed by atoms with Gasteiger partial charge in [-0.1, -0.05) is 24.3 Å². The van der Waals surface area contributed by atoms with Crippen molar-refractivity contribution in [2.24, 2.45) is 10.7 Å². The van der Waals surface area contributed by atoms with Crippen LogP contribution in [0.2, 0.25) is 0 Å². The molecule has 4 heteroatoms. The molecule has 0 radical (unpaired) electrons. The third-order valence-electron chi connectivity index (χ3n) is 2.31. The monoisotopic (exact) mass is 216 g/mol. The van der Waals surface area contributed by atoms with Gasteiger partial charge in [0.05, 0.1) is 0 Å². The molecule has 0 fully saturated rings. The van der Waals surface area contributed by atoms with Crippen LogP contribution in [-0.2, 0) is 4.79 Å². The Morgan fingerprint density at radius 2 is 2.12 bits per heavy atom. The molecular formula is C12H12N2O2. The van der Waals surface area contributed by atoms with Crippen LogP contribution < -0.4 is 10.5 Å². The molecule has 82 valence electrons. The van der Waals surface area contributed by atoms with Crippen molar-refractivity contribution in [1.82, 2.24) is 0 Å². The quantitative estimate of drug-likeness (QED) is 0.827. The van der Waals surface area contributed by atoms with Crippen LogP contribution >= 0.6 is 0 Å². The van der Waals surface area contributed by atoms with Gasteiger partial charge in [-0.2, -0.15) is 0 Å². The molecule has 1 heterocycles. The van der Waals surface area contributed by atoms with Crippen molar-refractivity contribution in [3.8, 4) is 5.75 Å². The Balaban J connectivity index is 2.25. The van der Waals surface area contributed by atoms with Gasteiger partial charge >= 0.3 is 0 Å². The van der Waals surface area contributed by atoms with Crippen LogP contribution in [0.1, 0.15) is 6.42 Å². The Bertz CT molecular complexity index is 440.